The number of ether oxygens (including phenoxy) is 1. The van der Waals surface area contributed by atoms with E-state index >= 15 is 0 Å². The van der Waals surface area contributed by atoms with Crippen molar-refractivity contribution in [3.63, 3.8) is 0 Å². The van der Waals surface area contributed by atoms with Crippen LogP contribution < -0.4 is 0 Å². The van der Waals surface area contributed by atoms with E-state index < -0.39 is 0 Å². The summed E-state index contributed by atoms with van der Waals surface area (Å²) >= 11 is 0. The molecule has 2 aromatic carbocycles. The van der Waals surface area contributed by atoms with Crippen LogP contribution in [0.15, 0.2) is 54.6 Å². The number of hydrogen-bond donors (Lipinski definition) is 0. The Hall–Kier alpha value is -2.50. The Kier molecular flexibility index (Phi) is 4.47. The third-order valence-electron chi connectivity index (χ3n) is 5.66. The summed E-state index contributed by atoms with van der Waals surface area (Å²) in [6.07, 6.45) is 1.82. The number of aromatic nitrogens is 3. The highest BCUT2D eigenvalue weighted by Crippen LogP contribution is 2.34. The molecule has 0 N–H and O–H groups in total. The largest absolute Gasteiger partial charge is 0.379 e. The summed E-state index contributed by atoms with van der Waals surface area (Å²) in [6.45, 7) is 4.17. The van der Waals surface area contributed by atoms with Gasteiger partial charge >= 0.3 is 0 Å². The zero-order valence-electron chi connectivity index (χ0n) is 15.4. The van der Waals surface area contributed by atoms with E-state index in [2.05, 4.69) is 74.3 Å². The molecule has 3 heterocycles. The van der Waals surface area contributed by atoms with Gasteiger partial charge in [-0.2, -0.15) is 0 Å². The van der Waals surface area contributed by atoms with E-state index in [9.17, 15) is 0 Å². The number of fused-ring (bicyclic) bond motifs is 2. The van der Waals surface area contributed by atoms with Gasteiger partial charge in [-0.15, -0.1) is 10.2 Å². The molecule has 2 aliphatic rings. The predicted molar refractivity (Wildman–Crippen MR) is 103 cm³/mol. The van der Waals surface area contributed by atoms with Gasteiger partial charge in [0.1, 0.15) is 5.82 Å². The van der Waals surface area contributed by atoms with Crippen molar-refractivity contribution in [2.75, 3.05) is 13.2 Å². The number of rotatable bonds is 3. The summed E-state index contributed by atoms with van der Waals surface area (Å²) in [7, 11) is 0. The van der Waals surface area contributed by atoms with Crippen LogP contribution in [0.25, 0.3) is 0 Å². The maximum atomic E-state index is 5.65. The van der Waals surface area contributed by atoms with Gasteiger partial charge in [0, 0.05) is 26.1 Å². The van der Waals surface area contributed by atoms with Gasteiger partial charge in [-0.25, -0.2) is 0 Å². The molecule has 0 aliphatic carbocycles. The van der Waals surface area contributed by atoms with E-state index in [0.29, 0.717) is 0 Å². The van der Waals surface area contributed by atoms with E-state index in [4.69, 9.17) is 4.74 Å². The summed E-state index contributed by atoms with van der Waals surface area (Å²) in [5.41, 5.74) is 4.18. The molecule has 2 aliphatic heterocycles. The fourth-order valence-electron chi connectivity index (χ4n) is 4.26. The van der Waals surface area contributed by atoms with Crippen molar-refractivity contribution in [1.29, 1.82) is 0 Å². The van der Waals surface area contributed by atoms with Crippen LogP contribution in [0.3, 0.4) is 0 Å². The molecule has 0 saturated heterocycles. The molecule has 0 bridgehead atoms. The van der Waals surface area contributed by atoms with Crippen molar-refractivity contribution < 1.29 is 4.74 Å². The molecule has 1 atom stereocenters. The zero-order chi connectivity index (χ0) is 18.1. The SMILES string of the molecule is c1ccc(CN2Cc3ccccc3C[C@H]2c2nnc3n2CCOCC3)cc1. The van der Waals surface area contributed by atoms with E-state index in [-0.39, 0.29) is 6.04 Å². The molecule has 5 heteroatoms. The van der Waals surface area contributed by atoms with Gasteiger partial charge in [0.25, 0.3) is 0 Å². The minimum absolute atomic E-state index is 0.236. The fourth-order valence-corrected chi connectivity index (χ4v) is 4.26. The second-order valence-electron chi connectivity index (χ2n) is 7.37. The number of nitrogens with zero attached hydrogens (tertiary/aromatic N) is 4. The summed E-state index contributed by atoms with van der Waals surface area (Å²) in [6, 6.07) is 19.7. The standard InChI is InChI=1S/C22H24N4O/c1-2-6-17(7-3-1)15-25-16-19-9-5-4-8-18(19)14-20(25)22-24-23-21-10-12-27-13-11-26(21)22/h1-9,20H,10-16H2/t20-/m0/s1. The minimum atomic E-state index is 0.236. The highest BCUT2D eigenvalue weighted by atomic mass is 16.5. The lowest BCUT2D eigenvalue weighted by molar-refractivity contribution is 0.132. The fraction of sp³-hybridized carbons (Fsp3) is 0.364. The zero-order valence-corrected chi connectivity index (χ0v) is 15.4. The first-order valence-corrected chi connectivity index (χ1v) is 9.73. The molecule has 5 rings (SSSR count). The van der Waals surface area contributed by atoms with Crippen LogP contribution in [0.4, 0.5) is 0 Å². The van der Waals surface area contributed by atoms with Crippen LogP contribution in [-0.2, 0) is 37.2 Å². The Morgan fingerprint density at radius 3 is 2.63 bits per heavy atom. The second-order valence-corrected chi connectivity index (χ2v) is 7.37. The van der Waals surface area contributed by atoms with Crippen LogP contribution in [0.1, 0.15) is 34.4 Å². The van der Waals surface area contributed by atoms with Gasteiger partial charge in [0.2, 0.25) is 0 Å². The molecule has 1 aromatic heterocycles. The molecular formula is C22H24N4O. The van der Waals surface area contributed by atoms with E-state index in [1.54, 1.807) is 0 Å². The van der Waals surface area contributed by atoms with Crippen molar-refractivity contribution in [2.45, 2.75) is 38.5 Å². The lowest BCUT2D eigenvalue weighted by Crippen LogP contribution is -2.35. The highest BCUT2D eigenvalue weighted by Gasteiger charge is 2.32. The van der Waals surface area contributed by atoms with Gasteiger partial charge in [-0.05, 0) is 23.1 Å². The van der Waals surface area contributed by atoms with Crippen LogP contribution >= 0.6 is 0 Å². The third-order valence-corrected chi connectivity index (χ3v) is 5.66. The summed E-state index contributed by atoms with van der Waals surface area (Å²) in [5.74, 6) is 2.14. The maximum Gasteiger partial charge on any atom is 0.150 e. The van der Waals surface area contributed by atoms with Gasteiger partial charge in [-0.3, -0.25) is 4.90 Å². The molecule has 0 saturated carbocycles. The van der Waals surface area contributed by atoms with E-state index in [1.165, 1.54) is 16.7 Å². The van der Waals surface area contributed by atoms with Crippen LogP contribution in [0.5, 0.6) is 0 Å². The molecule has 27 heavy (non-hydrogen) atoms. The first-order chi connectivity index (χ1) is 13.4. The van der Waals surface area contributed by atoms with Crippen molar-refractivity contribution in [3.8, 4) is 0 Å². The van der Waals surface area contributed by atoms with Crippen LogP contribution in [-0.4, -0.2) is 32.9 Å². The van der Waals surface area contributed by atoms with Crippen molar-refractivity contribution in [1.82, 2.24) is 19.7 Å². The quantitative estimate of drug-likeness (QED) is 0.720. The molecule has 0 unspecified atom stereocenters. The summed E-state index contributed by atoms with van der Waals surface area (Å²) in [4.78, 5) is 2.54. The number of benzene rings is 2. The Bertz CT molecular complexity index is 921. The molecule has 0 spiro atoms. The van der Waals surface area contributed by atoms with Crippen LogP contribution in [0.2, 0.25) is 0 Å². The highest BCUT2D eigenvalue weighted by molar-refractivity contribution is 5.31. The molecule has 0 radical (unpaired) electrons. The van der Waals surface area contributed by atoms with Crippen LogP contribution in [0, 0.1) is 0 Å². The van der Waals surface area contributed by atoms with Gasteiger partial charge in [0.05, 0.1) is 19.3 Å². The first kappa shape index (κ1) is 16.7. The van der Waals surface area contributed by atoms with Gasteiger partial charge in [-0.1, -0.05) is 54.6 Å². The molecule has 0 fully saturated rings. The van der Waals surface area contributed by atoms with Gasteiger partial charge in [0.15, 0.2) is 5.82 Å². The number of hydrogen-bond acceptors (Lipinski definition) is 4. The van der Waals surface area contributed by atoms with Crippen molar-refractivity contribution in [3.05, 3.63) is 82.9 Å². The molecule has 3 aromatic rings. The second kappa shape index (κ2) is 7.25. The predicted octanol–water partition coefficient (Wildman–Crippen LogP) is 3.15. The maximum absolute atomic E-state index is 5.65. The van der Waals surface area contributed by atoms with E-state index in [0.717, 1.165) is 57.3 Å². The first-order valence-electron chi connectivity index (χ1n) is 9.73. The Labute approximate surface area is 159 Å². The Morgan fingerprint density at radius 1 is 0.926 bits per heavy atom. The molecule has 138 valence electrons. The smallest absolute Gasteiger partial charge is 0.150 e. The average Bonchev–Trinajstić information content (AvgIpc) is 2.96. The van der Waals surface area contributed by atoms with Gasteiger partial charge < -0.3 is 9.30 Å². The molecule has 5 nitrogen and oxygen atoms in total. The summed E-state index contributed by atoms with van der Waals surface area (Å²) < 4.78 is 7.95. The normalized spacial score (nSPS) is 19.9. The third kappa shape index (κ3) is 3.29. The molecular weight excluding hydrogens is 336 g/mol. The van der Waals surface area contributed by atoms with Crippen molar-refractivity contribution in [2.24, 2.45) is 0 Å². The molecule has 0 amide bonds. The Morgan fingerprint density at radius 2 is 1.74 bits per heavy atom. The Balaban J connectivity index is 1.52. The lowest BCUT2D eigenvalue weighted by atomic mass is 9.93. The van der Waals surface area contributed by atoms with E-state index in [1.807, 2.05) is 0 Å². The minimum Gasteiger partial charge on any atom is -0.379 e. The average molecular weight is 360 g/mol. The lowest BCUT2D eigenvalue weighted by Gasteiger charge is -2.36. The topological polar surface area (TPSA) is 43.2 Å². The van der Waals surface area contributed by atoms with Crippen molar-refractivity contribution >= 4 is 0 Å². The summed E-state index contributed by atoms with van der Waals surface area (Å²) in [5, 5.41) is 9.14. The monoisotopic (exact) mass is 360 g/mol.